The lowest BCUT2D eigenvalue weighted by Gasteiger charge is -2.12. The highest BCUT2D eigenvalue weighted by Gasteiger charge is 2.06. The predicted molar refractivity (Wildman–Crippen MR) is 99.6 cm³/mol. The molecule has 0 aliphatic heterocycles. The summed E-state index contributed by atoms with van der Waals surface area (Å²) < 4.78 is 13.7. The Kier molecular flexibility index (Phi) is 5.23. The number of benzene rings is 2. The lowest BCUT2D eigenvalue weighted by Crippen LogP contribution is -2.07. The molecule has 4 nitrogen and oxygen atoms in total. The number of nitrogens with one attached hydrogen (secondary N) is 2. The average Bonchev–Trinajstić information content (AvgIpc) is 2.61. The summed E-state index contributed by atoms with van der Waals surface area (Å²) in [5.41, 5.74) is 3.64. The molecule has 0 aliphatic rings. The van der Waals surface area contributed by atoms with Crippen LogP contribution in [0.4, 0.5) is 21.8 Å². The molecule has 1 aromatic heterocycles. The van der Waals surface area contributed by atoms with E-state index in [1.807, 2.05) is 37.3 Å². The second kappa shape index (κ2) is 7.75. The second-order valence-electron chi connectivity index (χ2n) is 5.80. The summed E-state index contributed by atoms with van der Waals surface area (Å²) in [6, 6.07) is 16.6. The van der Waals surface area contributed by atoms with Crippen LogP contribution < -0.4 is 10.6 Å². The number of nitrogens with zero attached hydrogens (tertiary/aromatic N) is 2. The zero-order valence-corrected chi connectivity index (χ0v) is 14.4. The average molecular weight is 336 g/mol. The van der Waals surface area contributed by atoms with Crippen LogP contribution in [-0.4, -0.2) is 9.97 Å². The maximum Gasteiger partial charge on any atom is 0.229 e. The van der Waals surface area contributed by atoms with E-state index in [4.69, 9.17) is 0 Å². The second-order valence-corrected chi connectivity index (χ2v) is 5.80. The fourth-order valence-corrected chi connectivity index (χ4v) is 2.61. The molecule has 0 bridgehead atoms. The Morgan fingerprint density at radius 1 is 0.960 bits per heavy atom. The highest BCUT2D eigenvalue weighted by Crippen LogP contribution is 2.20. The fraction of sp³-hybridized carbons (Fsp3) is 0.200. The van der Waals surface area contributed by atoms with Gasteiger partial charge in [0.1, 0.15) is 11.6 Å². The molecule has 0 saturated carbocycles. The van der Waals surface area contributed by atoms with Gasteiger partial charge in [0.15, 0.2) is 0 Å². The van der Waals surface area contributed by atoms with Crippen LogP contribution in [0.5, 0.6) is 0 Å². The molecule has 0 radical (unpaired) electrons. The van der Waals surface area contributed by atoms with E-state index in [9.17, 15) is 4.39 Å². The first kappa shape index (κ1) is 16.9. The van der Waals surface area contributed by atoms with Gasteiger partial charge in [-0.25, -0.2) is 9.37 Å². The Labute approximate surface area is 147 Å². The molecule has 0 spiro atoms. The Morgan fingerprint density at radius 2 is 1.68 bits per heavy atom. The van der Waals surface area contributed by atoms with Gasteiger partial charge in [0.05, 0.1) is 0 Å². The van der Waals surface area contributed by atoms with E-state index in [0.717, 1.165) is 17.8 Å². The van der Waals surface area contributed by atoms with Crippen LogP contribution in [0.1, 0.15) is 23.7 Å². The van der Waals surface area contributed by atoms with E-state index in [1.54, 1.807) is 12.1 Å². The van der Waals surface area contributed by atoms with Crippen molar-refractivity contribution in [1.29, 1.82) is 0 Å². The Balaban J connectivity index is 1.77. The highest BCUT2D eigenvalue weighted by molar-refractivity contribution is 5.59. The molecular formula is C20H21FN4. The Bertz CT molecular complexity index is 864. The van der Waals surface area contributed by atoms with Crippen LogP contribution in [0.15, 0.2) is 54.6 Å². The minimum Gasteiger partial charge on any atom is -0.366 e. The fourth-order valence-electron chi connectivity index (χ4n) is 2.61. The number of aromatic nitrogens is 2. The van der Waals surface area contributed by atoms with E-state index < -0.39 is 0 Å². The molecule has 25 heavy (non-hydrogen) atoms. The molecule has 0 atom stereocenters. The summed E-state index contributed by atoms with van der Waals surface area (Å²) in [6.45, 7) is 4.39. The largest absolute Gasteiger partial charge is 0.366 e. The SMILES string of the molecule is CCc1ccccc1Nc1nc(C)cc(NCc2ccccc2F)n1. The van der Waals surface area contributed by atoms with Crippen molar-refractivity contribution >= 4 is 17.5 Å². The van der Waals surface area contributed by atoms with Gasteiger partial charge in [0.25, 0.3) is 0 Å². The van der Waals surface area contributed by atoms with Crippen LogP contribution in [0, 0.1) is 12.7 Å². The van der Waals surface area contributed by atoms with Crippen molar-refractivity contribution in [2.75, 3.05) is 10.6 Å². The van der Waals surface area contributed by atoms with Crippen LogP contribution in [0.3, 0.4) is 0 Å². The van der Waals surface area contributed by atoms with Crippen molar-refractivity contribution < 1.29 is 4.39 Å². The van der Waals surface area contributed by atoms with E-state index in [-0.39, 0.29) is 5.82 Å². The quantitative estimate of drug-likeness (QED) is 0.676. The van der Waals surface area contributed by atoms with Crippen molar-refractivity contribution in [3.05, 3.63) is 77.2 Å². The van der Waals surface area contributed by atoms with E-state index in [0.29, 0.717) is 23.9 Å². The molecule has 2 N–H and O–H groups in total. The third kappa shape index (κ3) is 4.32. The number of aryl methyl sites for hydroxylation is 2. The van der Waals surface area contributed by atoms with Crippen molar-refractivity contribution in [3.63, 3.8) is 0 Å². The third-order valence-corrected chi connectivity index (χ3v) is 3.92. The normalized spacial score (nSPS) is 10.5. The van der Waals surface area contributed by atoms with E-state index in [2.05, 4.69) is 33.6 Å². The molecule has 0 amide bonds. The highest BCUT2D eigenvalue weighted by atomic mass is 19.1. The summed E-state index contributed by atoms with van der Waals surface area (Å²) in [4.78, 5) is 8.93. The zero-order valence-electron chi connectivity index (χ0n) is 14.4. The van der Waals surface area contributed by atoms with Gasteiger partial charge in [-0.15, -0.1) is 0 Å². The van der Waals surface area contributed by atoms with E-state index in [1.165, 1.54) is 11.6 Å². The molecule has 128 valence electrons. The summed E-state index contributed by atoms with van der Waals surface area (Å²) in [7, 11) is 0. The molecule has 0 fully saturated rings. The monoisotopic (exact) mass is 336 g/mol. The van der Waals surface area contributed by atoms with Crippen molar-refractivity contribution in [3.8, 4) is 0 Å². The molecule has 1 heterocycles. The molecule has 5 heteroatoms. The summed E-state index contributed by atoms with van der Waals surface area (Å²) in [5.74, 6) is 0.958. The Hall–Kier alpha value is -2.95. The third-order valence-electron chi connectivity index (χ3n) is 3.92. The van der Waals surface area contributed by atoms with Crippen LogP contribution in [0.2, 0.25) is 0 Å². The molecular weight excluding hydrogens is 315 g/mol. The van der Waals surface area contributed by atoms with Gasteiger partial charge in [-0.1, -0.05) is 43.3 Å². The first-order chi connectivity index (χ1) is 12.2. The minimum absolute atomic E-state index is 0.226. The lowest BCUT2D eigenvalue weighted by molar-refractivity contribution is 0.613. The minimum atomic E-state index is -0.226. The van der Waals surface area contributed by atoms with E-state index >= 15 is 0 Å². The maximum atomic E-state index is 13.7. The van der Waals surface area contributed by atoms with Crippen molar-refractivity contribution in [1.82, 2.24) is 9.97 Å². The van der Waals surface area contributed by atoms with Gasteiger partial charge in [0, 0.05) is 29.6 Å². The van der Waals surface area contributed by atoms with Crippen LogP contribution in [0.25, 0.3) is 0 Å². The Morgan fingerprint density at radius 3 is 2.44 bits per heavy atom. The molecule has 0 aliphatic carbocycles. The molecule has 3 rings (SSSR count). The topological polar surface area (TPSA) is 49.8 Å². The van der Waals surface area contributed by atoms with Gasteiger partial charge in [0.2, 0.25) is 5.95 Å². The predicted octanol–water partition coefficient (Wildman–Crippen LogP) is 4.84. The maximum absolute atomic E-state index is 13.7. The number of halogens is 1. The number of hydrogen-bond donors (Lipinski definition) is 2. The number of rotatable bonds is 6. The summed E-state index contributed by atoms with van der Waals surface area (Å²) in [5, 5.41) is 6.44. The zero-order chi connectivity index (χ0) is 17.6. The summed E-state index contributed by atoms with van der Waals surface area (Å²) >= 11 is 0. The molecule has 3 aromatic rings. The van der Waals surface area contributed by atoms with Gasteiger partial charge >= 0.3 is 0 Å². The molecule has 0 unspecified atom stereocenters. The van der Waals surface area contributed by atoms with Crippen LogP contribution in [-0.2, 0) is 13.0 Å². The van der Waals surface area contributed by atoms with Gasteiger partial charge in [-0.2, -0.15) is 4.98 Å². The van der Waals surface area contributed by atoms with Gasteiger partial charge in [-0.3, -0.25) is 0 Å². The summed E-state index contributed by atoms with van der Waals surface area (Å²) in [6.07, 6.45) is 0.924. The molecule has 0 saturated heterocycles. The number of hydrogen-bond acceptors (Lipinski definition) is 4. The van der Waals surface area contributed by atoms with Gasteiger partial charge in [-0.05, 0) is 31.0 Å². The smallest absolute Gasteiger partial charge is 0.229 e. The number of anilines is 3. The first-order valence-corrected chi connectivity index (χ1v) is 8.33. The first-order valence-electron chi connectivity index (χ1n) is 8.33. The van der Waals surface area contributed by atoms with Crippen LogP contribution >= 0.6 is 0 Å². The number of para-hydroxylation sites is 1. The standard InChI is InChI=1S/C20H21FN4/c1-3-15-8-5-7-11-18(15)24-20-23-14(2)12-19(25-20)22-13-16-9-4-6-10-17(16)21/h4-12H,3,13H2,1-2H3,(H2,22,23,24,25). The lowest BCUT2D eigenvalue weighted by atomic mass is 10.1. The van der Waals surface area contributed by atoms with Crippen molar-refractivity contribution in [2.45, 2.75) is 26.8 Å². The molecule has 2 aromatic carbocycles. The van der Waals surface area contributed by atoms with Crippen molar-refractivity contribution in [2.24, 2.45) is 0 Å². The van der Waals surface area contributed by atoms with Gasteiger partial charge < -0.3 is 10.6 Å².